The normalized spacial score (nSPS) is 11.3. The standard InChI is InChI=1S/C38H40P2/c1-5-29-19-9-13-23-33(29)39(34-24-14-10-20-30(34)6-2)37-27-17-18-28-38(37)40(35-25-15-11-21-31(35)7-3)36-26-16-12-22-32(36)8-4/h9-28H,5-8H2,1-4H3. The van der Waals surface area contributed by atoms with Crippen molar-refractivity contribution in [2.45, 2.75) is 53.4 Å². The Hall–Kier alpha value is -3.04. The summed E-state index contributed by atoms with van der Waals surface area (Å²) in [5.41, 5.74) is 5.84. The first-order valence-corrected chi connectivity index (χ1v) is 17.4. The Balaban J connectivity index is 1.86. The van der Waals surface area contributed by atoms with Crippen LogP contribution in [0, 0.1) is 0 Å². The highest BCUT2D eigenvalue weighted by Gasteiger charge is 2.29. The predicted molar refractivity (Wildman–Crippen MR) is 181 cm³/mol. The minimum absolute atomic E-state index is 0.745. The fourth-order valence-corrected chi connectivity index (χ4v) is 12.0. The molecule has 0 radical (unpaired) electrons. The molecular formula is C38H40P2. The van der Waals surface area contributed by atoms with Gasteiger partial charge < -0.3 is 0 Å². The van der Waals surface area contributed by atoms with Crippen molar-refractivity contribution in [3.8, 4) is 0 Å². The van der Waals surface area contributed by atoms with E-state index in [1.807, 2.05) is 0 Å². The molecule has 0 heterocycles. The van der Waals surface area contributed by atoms with E-state index in [2.05, 4.69) is 149 Å². The Morgan fingerprint density at radius 3 is 0.725 bits per heavy atom. The maximum absolute atomic E-state index is 2.44. The summed E-state index contributed by atoms with van der Waals surface area (Å²) in [7, 11) is -1.49. The molecule has 0 aliphatic carbocycles. The van der Waals surface area contributed by atoms with Crippen molar-refractivity contribution in [3.05, 3.63) is 144 Å². The van der Waals surface area contributed by atoms with Crippen LogP contribution in [0.3, 0.4) is 0 Å². The van der Waals surface area contributed by atoms with Crippen LogP contribution in [0.5, 0.6) is 0 Å². The number of rotatable bonds is 10. The molecule has 0 fully saturated rings. The first-order chi connectivity index (χ1) is 19.7. The van der Waals surface area contributed by atoms with E-state index in [1.165, 1.54) is 54.1 Å². The van der Waals surface area contributed by atoms with Gasteiger partial charge in [-0.3, -0.25) is 0 Å². The molecule has 0 bridgehead atoms. The molecule has 40 heavy (non-hydrogen) atoms. The fraction of sp³-hybridized carbons (Fsp3) is 0.211. The fourth-order valence-electron chi connectivity index (χ4n) is 5.73. The maximum Gasteiger partial charge on any atom is -0.00674 e. The SMILES string of the molecule is CCc1ccccc1P(c1ccccc1CC)c1ccccc1P(c1ccccc1CC)c1ccccc1CC. The van der Waals surface area contributed by atoms with Crippen molar-refractivity contribution in [2.24, 2.45) is 0 Å². The minimum Gasteiger partial charge on any atom is -0.0619 e. The quantitative estimate of drug-likeness (QED) is 0.156. The average Bonchev–Trinajstić information content (AvgIpc) is 3.03. The zero-order valence-corrected chi connectivity index (χ0v) is 26.1. The van der Waals surface area contributed by atoms with E-state index < -0.39 is 15.8 Å². The summed E-state index contributed by atoms with van der Waals surface area (Å²) in [4.78, 5) is 0. The van der Waals surface area contributed by atoms with Crippen LogP contribution in [0.4, 0.5) is 0 Å². The van der Waals surface area contributed by atoms with Gasteiger partial charge in [0.25, 0.3) is 0 Å². The van der Waals surface area contributed by atoms with E-state index in [1.54, 1.807) is 0 Å². The van der Waals surface area contributed by atoms with Crippen molar-refractivity contribution < 1.29 is 0 Å². The molecule has 0 aliphatic heterocycles. The third kappa shape index (κ3) is 5.72. The highest BCUT2D eigenvalue weighted by molar-refractivity contribution is 7.85. The third-order valence-corrected chi connectivity index (χ3v) is 13.4. The molecule has 0 saturated heterocycles. The Morgan fingerprint density at radius 1 is 0.300 bits per heavy atom. The highest BCUT2D eigenvalue weighted by Crippen LogP contribution is 2.41. The molecule has 0 N–H and O–H groups in total. The first kappa shape index (κ1) is 28.5. The molecule has 0 unspecified atom stereocenters. The molecule has 0 aliphatic rings. The largest absolute Gasteiger partial charge is 0.0619 e. The van der Waals surface area contributed by atoms with Gasteiger partial charge in [0.15, 0.2) is 0 Å². The molecule has 2 heteroatoms. The number of hydrogen-bond donors (Lipinski definition) is 0. The molecule has 0 nitrogen and oxygen atoms in total. The Bertz CT molecular complexity index is 1350. The molecule has 0 saturated carbocycles. The Morgan fingerprint density at radius 2 is 0.500 bits per heavy atom. The van der Waals surface area contributed by atoms with Gasteiger partial charge in [0.1, 0.15) is 0 Å². The van der Waals surface area contributed by atoms with Crippen LogP contribution >= 0.6 is 15.8 Å². The van der Waals surface area contributed by atoms with Gasteiger partial charge in [-0.05, 0) is 95.6 Å². The maximum atomic E-state index is 2.44. The van der Waals surface area contributed by atoms with Crippen LogP contribution < -0.4 is 31.8 Å². The third-order valence-electron chi connectivity index (χ3n) is 7.82. The monoisotopic (exact) mass is 558 g/mol. The second kappa shape index (κ2) is 13.5. The predicted octanol–water partition coefficient (Wildman–Crippen LogP) is 7.45. The summed E-state index contributed by atoms with van der Waals surface area (Å²) in [5.74, 6) is 0. The molecule has 0 atom stereocenters. The van der Waals surface area contributed by atoms with Crippen molar-refractivity contribution in [3.63, 3.8) is 0 Å². The zero-order valence-electron chi connectivity index (χ0n) is 24.3. The number of hydrogen-bond acceptors (Lipinski definition) is 0. The van der Waals surface area contributed by atoms with Crippen LogP contribution in [-0.2, 0) is 25.7 Å². The summed E-state index contributed by atoms with van der Waals surface area (Å²) >= 11 is 0. The molecule has 5 aromatic rings. The van der Waals surface area contributed by atoms with Crippen LogP contribution in [0.2, 0.25) is 0 Å². The lowest BCUT2D eigenvalue weighted by atomic mass is 10.2. The molecule has 0 aromatic heterocycles. The number of benzene rings is 5. The zero-order chi connectivity index (χ0) is 27.9. The first-order valence-electron chi connectivity index (χ1n) is 14.7. The van der Waals surface area contributed by atoms with Crippen molar-refractivity contribution in [1.29, 1.82) is 0 Å². The van der Waals surface area contributed by atoms with E-state index in [4.69, 9.17) is 0 Å². The van der Waals surface area contributed by atoms with E-state index in [0.29, 0.717) is 0 Å². The summed E-state index contributed by atoms with van der Waals surface area (Å²) < 4.78 is 0. The van der Waals surface area contributed by atoms with Gasteiger partial charge >= 0.3 is 0 Å². The van der Waals surface area contributed by atoms with Gasteiger partial charge in [-0.15, -0.1) is 0 Å². The molecule has 5 rings (SSSR count). The highest BCUT2D eigenvalue weighted by atomic mass is 31.1. The van der Waals surface area contributed by atoms with E-state index in [9.17, 15) is 0 Å². The average molecular weight is 559 g/mol. The topological polar surface area (TPSA) is 0 Å². The number of aryl methyl sites for hydroxylation is 4. The van der Waals surface area contributed by atoms with Crippen molar-refractivity contribution in [1.82, 2.24) is 0 Å². The van der Waals surface area contributed by atoms with Gasteiger partial charge in [-0.2, -0.15) is 0 Å². The summed E-state index contributed by atoms with van der Waals surface area (Å²) in [6.45, 7) is 9.19. The second-order valence-corrected chi connectivity index (χ2v) is 14.3. The molecule has 202 valence electrons. The lowest BCUT2D eigenvalue weighted by Crippen LogP contribution is -2.37. The smallest absolute Gasteiger partial charge is 0.00674 e. The van der Waals surface area contributed by atoms with Gasteiger partial charge in [0, 0.05) is 0 Å². The van der Waals surface area contributed by atoms with Crippen LogP contribution in [0.15, 0.2) is 121 Å². The second-order valence-electron chi connectivity index (χ2n) is 10.1. The molecule has 0 amide bonds. The summed E-state index contributed by atoms with van der Waals surface area (Å²) in [6, 6.07) is 46.1. The Kier molecular flexibility index (Phi) is 9.65. The van der Waals surface area contributed by atoms with Gasteiger partial charge in [-0.25, -0.2) is 0 Å². The van der Waals surface area contributed by atoms with Gasteiger partial charge in [-0.1, -0.05) is 149 Å². The molecule has 0 spiro atoms. The Labute approximate surface area is 244 Å². The van der Waals surface area contributed by atoms with E-state index in [0.717, 1.165) is 25.7 Å². The lowest BCUT2D eigenvalue weighted by molar-refractivity contribution is 1.15. The van der Waals surface area contributed by atoms with E-state index >= 15 is 0 Å². The van der Waals surface area contributed by atoms with Crippen LogP contribution in [-0.4, -0.2) is 0 Å². The molecular weight excluding hydrogens is 518 g/mol. The van der Waals surface area contributed by atoms with Crippen LogP contribution in [0.1, 0.15) is 49.9 Å². The van der Waals surface area contributed by atoms with Gasteiger partial charge in [0.05, 0.1) is 0 Å². The molecule has 5 aromatic carbocycles. The lowest BCUT2D eigenvalue weighted by Gasteiger charge is -2.31. The van der Waals surface area contributed by atoms with Crippen molar-refractivity contribution >= 4 is 47.7 Å². The van der Waals surface area contributed by atoms with Crippen molar-refractivity contribution in [2.75, 3.05) is 0 Å². The van der Waals surface area contributed by atoms with E-state index in [-0.39, 0.29) is 0 Å². The summed E-state index contributed by atoms with van der Waals surface area (Å²) in [5, 5.41) is 8.99. The summed E-state index contributed by atoms with van der Waals surface area (Å²) in [6.07, 6.45) is 4.16. The minimum atomic E-state index is -0.745. The van der Waals surface area contributed by atoms with Gasteiger partial charge in [0.2, 0.25) is 0 Å². The van der Waals surface area contributed by atoms with Crippen LogP contribution in [0.25, 0.3) is 0 Å².